The van der Waals surface area contributed by atoms with Gasteiger partial charge in [-0.3, -0.25) is 9.79 Å². The molecule has 0 saturated heterocycles. The molecule has 5 heteroatoms. The van der Waals surface area contributed by atoms with Crippen LogP contribution in [0.1, 0.15) is 10.4 Å². The Bertz CT molecular complexity index is 805. The Hall–Kier alpha value is -2.95. The van der Waals surface area contributed by atoms with E-state index in [1.165, 1.54) is 6.20 Å². The van der Waals surface area contributed by atoms with Crippen LogP contribution in [-0.2, 0) is 0 Å². The fourth-order valence-electron chi connectivity index (χ4n) is 2.18. The molecule has 0 unspecified atom stereocenters. The van der Waals surface area contributed by atoms with Gasteiger partial charge in [-0.05, 0) is 18.3 Å². The predicted molar refractivity (Wildman–Crippen MR) is 78.4 cm³/mol. The Morgan fingerprint density at radius 2 is 2.00 bits per heavy atom. The molecule has 20 heavy (non-hydrogen) atoms. The molecule has 5 nitrogen and oxygen atoms in total. The summed E-state index contributed by atoms with van der Waals surface area (Å²) >= 11 is 0. The van der Waals surface area contributed by atoms with E-state index in [4.69, 9.17) is 5.73 Å². The molecule has 1 amide bonds. The van der Waals surface area contributed by atoms with Crippen LogP contribution in [0.25, 0.3) is 16.6 Å². The molecule has 3 rings (SSSR count). The summed E-state index contributed by atoms with van der Waals surface area (Å²) in [6, 6.07) is 11.8. The third-order valence-electron chi connectivity index (χ3n) is 3.14. The molecule has 2 N–H and O–H groups in total. The highest BCUT2D eigenvalue weighted by molar-refractivity contribution is 6.01. The van der Waals surface area contributed by atoms with E-state index in [0.29, 0.717) is 11.2 Å². The second-order valence-electron chi connectivity index (χ2n) is 4.35. The topological polar surface area (TPSA) is 72.8 Å². The average Bonchev–Trinajstić information content (AvgIpc) is 2.91. The summed E-state index contributed by atoms with van der Waals surface area (Å²) in [5.41, 5.74) is 8.80. The van der Waals surface area contributed by atoms with Crippen molar-refractivity contribution in [1.82, 2.24) is 9.61 Å². The third kappa shape index (κ3) is 1.85. The SMILES string of the molecule is C=Nc1c(C(N)=O)cnn2cc(-c3ccccc3)cc12. The van der Waals surface area contributed by atoms with Crippen LogP contribution in [-0.4, -0.2) is 22.2 Å². The Morgan fingerprint density at radius 1 is 1.25 bits per heavy atom. The van der Waals surface area contributed by atoms with Gasteiger partial charge in [-0.2, -0.15) is 5.10 Å². The van der Waals surface area contributed by atoms with Crippen LogP contribution in [0.4, 0.5) is 5.69 Å². The van der Waals surface area contributed by atoms with E-state index in [1.807, 2.05) is 42.6 Å². The van der Waals surface area contributed by atoms with E-state index >= 15 is 0 Å². The molecule has 2 aromatic heterocycles. The van der Waals surface area contributed by atoms with Crippen molar-refractivity contribution < 1.29 is 4.79 Å². The highest BCUT2D eigenvalue weighted by atomic mass is 16.1. The largest absolute Gasteiger partial charge is 0.365 e. The highest BCUT2D eigenvalue weighted by Gasteiger charge is 2.14. The molecule has 0 bridgehead atoms. The molecule has 0 saturated carbocycles. The summed E-state index contributed by atoms with van der Waals surface area (Å²) in [5, 5.41) is 4.19. The van der Waals surface area contributed by atoms with Gasteiger partial charge >= 0.3 is 0 Å². The smallest absolute Gasteiger partial charge is 0.252 e. The van der Waals surface area contributed by atoms with Gasteiger partial charge in [0, 0.05) is 11.8 Å². The Labute approximate surface area is 115 Å². The van der Waals surface area contributed by atoms with Crippen molar-refractivity contribution >= 4 is 23.8 Å². The molecule has 98 valence electrons. The number of amides is 1. The summed E-state index contributed by atoms with van der Waals surface area (Å²) in [6.45, 7) is 3.51. The van der Waals surface area contributed by atoms with Crippen molar-refractivity contribution in [3.8, 4) is 11.1 Å². The maximum Gasteiger partial charge on any atom is 0.252 e. The summed E-state index contributed by atoms with van der Waals surface area (Å²) in [7, 11) is 0. The molecule has 0 atom stereocenters. The summed E-state index contributed by atoms with van der Waals surface area (Å²) in [6.07, 6.45) is 3.29. The standard InChI is InChI=1S/C15H12N4O/c1-17-14-12(15(16)20)8-18-19-9-11(7-13(14)19)10-5-3-2-4-6-10/h2-9H,1H2,(H2,16,20). The highest BCUT2D eigenvalue weighted by Crippen LogP contribution is 2.29. The lowest BCUT2D eigenvalue weighted by Crippen LogP contribution is -2.12. The first-order valence-electron chi connectivity index (χ1n) is 6.04. The second-order valence-corrected chi connectivity index (χ2v) is 4.35. The minimum atomic E-state index is -0.565. The maximum absolute atomic E-state index is 11.4. The van der Waals surface area contributed by atoms with E-state index in [2.05, 4.69) is 16.8 Å². The molecule has 0 aliphatic heterocycles. The average molecular weight is 264 g/mol. The first-order valence-corrected chi connectivity index (χ1v) is 6.04. The van der Waals surface area contributed by atoms with Gasteiger partial charge < -0.3 is 5.73 Å². The maximum atomic E-state index is 11.4. The van der Waals surface area contributed by atoms with Crippen molar-refractivity contribution in [3.63, 3.8) is 0 Å². The van der Waals surface area contributed by atoms with Crippen molar-refractivity contribution in [2.45, 2.75) is 0 Å². The van der Waals surface area contributed by atoms with E-state index in [-0.39, 0.29) is 5.56 Å². The number of carbonyl (C=O) groups excluding carboxylic acids is 1. The normalized spacial score (nSPS) is 10.6. The zero-order valence-corrected chi connectivity index (χ0v) is 10.7. The number of aliphatic imine (C=N–C) groups is 1. The Morgan fingerprint density at radius 3 is 2.65 bits per heavy atom. The molecular formula is C15H12N4O. The van der Waals surface area contributed by atoms with E-state index < -0.39 is 5.91 Å². The lowest BCUT2D eigenvalue weighted by molar-refractivity contribution is 0.100. The number of nitrogens with two attached hydrogens (primary N) is 1. The minimum Gasteiger partial charge on any atom is -0.365 e. The van der Waals surface area contributed by atoms with Gasteiger partial charge in [-0.25, -0.2) is 4.52 Å². The lowest BCUT2D eigenvalue weighted by atomic mass is 10.1. The molecule has 1 aromatic carbocycles. The summed E-state index contributed by atoms with van der Waals surface area (Å²) < 4.78 is 1.67. The first-order chi connectivity index (χ1) is 9.70. The summed E-state index contributed by atoms with van der Waals surface area (Å²) in [5.74, 6) is -0.565. The second kappa shape index (κ2) is 4.62. The number of hydrogen-bond donors (Lipinski definition) is 1. The number of rotatable bonds is 3. The molecule has 2 heterocycles. The molecular weight excluding hydrogens is 252 g/mol. The van der Waals surface area contributed by atoms with Crippen molar-refractivity contribution in [2.75, 3.05) is 0 Å². The quantitative estimate of drug-likeness (QED) is 0.738. The zero-order chi connectivity index (χ0) is 14.1. The van der Waals surface area contributed by atoms with Crippen LogP contribution in [0.2, 0.25) is 0 Å². The fourth-order valence-corrected chi connectivity index (χ4v) is 2.18. The number of nitrogens with zero attached hydrogens (tertiary/aromatic N) is 3. The van der Waals surface area contributed by atoms with Gasteiger partial charge in [0.25, 0.3) is 5.91 Å². The number of hydrogen-bond acceptors (Lipinski definition) is 3. The van der Waals surface area contributed by atoms with E-state index in [1.54, 1.807) is 4.52 Å². The molecule has 0 fully saturated rings. The van der Waals surface area contributed by atoms with Crippen LogP contribution in [0.15, 0.2) is 53.8 Å². The minimum absolute atomic E-state index is 0.269. The van der Waals surface area contributed by atoms with Crippen LogP contribution in [0, 0.1) is 0 Å². The Balaban J connectivity index is 2.26. The van der Waals surface area contributed by atoms with Gasteiger partial charge in [0.15, 0.2) is 0 Å². The van der Waals surface area contributed by atoms with Crippen LogP contribution in [0.5, 0.6) is 0 Å². The third-order valence-corrected chi connectivity index (χ3v) is 3.14. The number of benzene rings is 1. The van der Waals surface area contributed by atoms with Gasteiger partial charge in [-0.1, -0.05) is 30.3 Å². The molecule has 0 aliphatic rings. The molecule has 0 spiro atoms. The van der Waals surface area contributed by atoms with Crippen molar-refractivity contribution in [2.24, 2.45) is 10.7 Å². The predicted octanol–water partition coefficient (Wildman–Crippen LogP) is 2.43. The fraction of sp³-hybridized carbons (Fsp3) is 0. The van der Waals surface area contributed by atoms with Crippen molar-refractivity contribution in [3.05, 3.63) is 54.4 Å². The van der Waals surface area contributed by atoms with E-state index in [9.17, 15) is 4.79 Å². The monoisotopic (exact) mass is 264 g/mol. The molecule has 3 aromatic rings. The first kappa shape index (κ1) is 12.1. The van der Waals surface area contributed by atoms with Gasteiger partial charge in [0.05, 0.1) is 17.3 Å². The van der Waals surface area contributed by atoms with Gasteiger partial charge in [0.1, 0.15) is 5.69 Å². The van der Waals surface area contributed by atoms with Gasteiger partial charge in [0.2, 0.25) is 0 Å². The Kier molecular flexibility index (Phi) is 2.80. The summed E-state index contributed by atoms with van der Waals surface area (Å²) in [4.78, 5) is 15.3. The van der Waals surface area contributed by atoms with Crippen LogP contribution >= 0.6 is 0 Å². The number of carbonyl (C=O) groups is 1. The lowest BCUT2D eigenvalue weighted by Gasteiger charge is -2.02. The molecule has 0 radical (unpaired) electrons. The van der Waals surface area contributed by atoms with Crippen molar-refractivity contribution in [1.29, 1.82) is 0 Å². The molecule has 0 aliphatic carbocycles. The van der Waals surface area contributed by atoms with Gasteiger partial charge in [-0.15, -0.1) is 0 Å². The van der Waals surface area contributed by atoms with Crippen LogP contribution < -0.4 is 5.73 Å². The van der Waals surface area contributed by atoms with Crippen LogP contribution in [0.3, 0.4) is 0 Å². The number of fused-ring (bicyclic) bond motifs is 1. The zero-order valence-electron chi connectivity index (χ0n) is 10.7. The number of aromatic nitrogens is 2. The number of primary amides is 1. The van der Waals surface area contributed by atoms with E-state index in [0.717, 1.165) is 11.1 Å².